The van der Waals surface area contributed by atoms with E-state index < -0.39 is 39.2 Å². The maximum absolute atomic E-state index is 14.7. The zero-order chi connectivity index (χ0) is 25.6. The molecule has 2 aromatic carbocycles. The highest BCUT2D eigenvalue weighted by molar-refractivity contribution is 7.91. The lowest BCUT2D eigenvalue weighted by Crippen LogP contribution is -2.30. The number of methoxy groups -OCH3 is 1. The Morgan fingerprint density at radius 1 is 1.25 bits per heavy atom. The van der Waals surface area contributed by atoms with E-state index in [9.17, 15) is 22.0 Å². The molecule has 0 aliphatic carbocycles. The molecule has 3 heterocycles. The monoisotopic (exact) mass is 514 g/mol. The van der Waals surface area contributed by atoms with Crippen molar-refractivity contribution >= 4 is 32.1 Å². The van der Waals surface area contributed by atoms with Gasteiger partial charge in [0, 0.05) is 41.9 Å². The molecule has 2 aliphatic rings. The van der Waals surface area contributed by atoms with Crippen molar-refractivity contribution < 1.29 is 31.5 Å². The van der Waals surface area contributed by atoms with Crippen molar-refractivity contribution in [3.63, 3.8) is 0 Å². The van der Waals surface area contributed by atoms with Gasteiger partial charge >= 0.3 is 0 Å². The fraction of sp³-hybridized carbons (Fsp3) is 0.269. The number of carbonyl (C=O) groups excluding carboxylic acids is 1. The average Bonchev–Trinajstić information content (AvgIpc) is 3.41. The number of nitrogens with one attached hydrogen (secondary N) is 1. The van der Waals surface area contributed by atoms with Crippen molar-refractivity contribution in [2.75, 3.05) is 25.7 Å². The molecule has 0 radical (unpaired) electrons. The number of Topliss-reactive ketones (excluding diaryl/α,β-unsaturated/α-hetero) is 1. The van der Waals surface area contributed by atoms with Gasteiger partial charge in [-0.2, -0.15) is 0 Å². The highest BCUT2D eigenvalue weighted by atomic mass is 32.2. The minimum Gasteiger partial charge on any atom is -0.493 e. The third-order valence-corrected chi connectivity index (χ3v) is 7.08. The van der Waals surface area contributed by atoms with E-state index in [1.165, 1.54) is 7.11 Å². The average molecular weight is 515 g/mol. The van der Waals surface area contributed by atoms with Gasteiger partial charge in [-0.25, -0.2) is 17.2 Å². The van der Waals surface area contributed by atoms with Gasteiger partial charge < -0.3 is 19.4 Å². The molecule has 7 nitrogen and oxygen atoms in total. The molecule has 1 unspecified atom stereocenters. The molecule has 0 amide bonds. The number of benzene rings is 2. The molecule has 36 heavy (non-hydrogen) atoms. The maximum atomic E-state index is 14.7. The van der Waals surface area contributed by atoms with E-state index in [2.05, 4.69) is 5.32 Å². The number of fused-ring (bicyclic) bond motifs is 2. The van der Waals surface area contributed by atoms with Crippen molar-refractivity contribution in [2.24, 2.45) is 0 Å². The van der Waals surface area contributed by atoms with Gasteiger partial charge in [0.05, 0.1) is 24.4 Å². The molecule has 188 valence electrons. The number of halogens is 2. The van der Waals surface area contributed by atoms with Crippen molar-refractivity contribution in [1.82, 2.24) is 9.88 Å². The molecular weight excluding hydrogens is 490 g/mol. The molecule has 0 spiro atoms. The van der Waals surface area contributed by atoms with Crippen LogP contribution in [0.15, 0.2) is 48.7 Å². The first-order valence-electron chi connectivity index (χ1n) is 11.3. The summed E-state index contributed by atoms with van der Waals surface area (Å²) in [6.45, 7) is 0.322. The number of nitrogens with zero attached hydrogens (tertiary/aromatic N) is 1. The number of allylic oxidation sites excluding steroid dienone is 2. The molecule has 1 N–H and O–H groups in total. The normalized spacial score (nSPS) is 17.0. The van der Waals surface area contributed by atoms with Gasteiger partial charge in [-0.05, 0) is 48.2 Å². The number of aromatic nitrogens is 1. The van der Waals surface area contributed by atoms with E-state index in [1.807, 2.05) is 12.1 Å². The van der Waals surface area contributed by atoms with E-state index in [0.717, 1.165) is 30.0 Å². The Balaban J connectivity index is 1.85. The maximum Gasteiger partial charge on any atom is 0.194 e. The van der Waals surface area contributed by atoms with Crippen LogP contribution in [0.25, 0.3) is 16.5 Å². The molecule has 0 saturated carbocycles. The highest BCUT2D eigenvalue weighted by Crippen LogP contribution is 2.40. The number of hydrogen-bond donors (Lipinski definition) is 1. The Kier molecular flexibility index (Phi) is 6.17. The van der Waals surface area contributed by atoms with Crippen molar-refractivity contribution in [2.45, 2.75) is 19.2 Å². The van der Waals surface area contributed by atoms with Gasteiger partial charge in [0.2, 0.25) is 0 Å². The minimum atomic E-state index is -3.69. The molecule has 1 aromatic heterocycles. The molecule has 1 atom stereocenters. The fourth-order valence-electron chi connectivity index (χ4n) is 4.79. The SMILES string of the molecule is COC1NC=CC=C1c1c(C(=O)CS(C)(=O)=O)n(Cc2cc(F)ccc2F)c2cc3c(cc12)OCC3. The standard InChI is InChI=1S/C26H24F2N2O5S/c1-34-26-18(4-3-8-29-26)24-19-12-23-15(7-9-35-23)11-21(19)30(25(24)22(31)14-36(2,32)33)13-16-10-17(27)5-6-20(16)28/h3-6,8,10-12,26,29H,7,9,13-14H2,1-2H3. The predicted octanol–water partition coefficient (Wildman–Crippen LogP) is 3.60. The Hall–Kier alpha value is -3.50. The smallest absolute Gasteiger partial charge is 0.194 e. The molecule has 0 bridgehead atoms. The molecule has 3 aromatic rings. The first-order chi connectivity index (χ1) is 17.2. The summed E-state index contributed by atoms with van der Waals surface area (Å²) in [7, 11) is -2.19. The number of ether oxygens (including phenoxy) is 2. The Morgan fingerprint density at radius 3 is 2.81 bits per heavy atom. The van der Waals surface area contributed by atoms with Crippen LogP contribution in [0.3, 0.4) is 0 Å². The number of hydrogen-bond acceptors (Lipinski definition) is 6. The topological polar surface area (TPSA) is 86.6 Å². The second-order valence-electron chi connectivity index (χ2n) is 8.88. The molecular formula is C26H24F2N2O5S. The summed E-state index contributed by atoms with van der Waals surface area (Å²) in [6.07, 6.45) is 6.22. The Bertz CT molecular complexity index is 1560. The van der Waals surface area contributed by atoms with Crippen molar-refractivity contribution in [1.29, 1.82) is 0 Å². The molecule has 5 rings (SSSR count). The minimum absolute atomic E-state index is 0.0301. The quantitative estimate of drug-likeness (QED) is 0.485. The Labute approximate surface area is 206 Å². The lowest BCUT2D eigenvalue weighted by Gasteiger charge is -2.23. The van der Waals surface area contributed by atoms with E-state index in [1.54, 1.807) is 22.9 Å². The second kappa shape index (κ2) is 9.18. The zero-order valence-electron chi connectivity index (χ0n) is 19.7. The largest absolute Gasteiger partial charge is 0.493 e. The van der Waals surface area contributed by atoms with Crippen LogP contribution in [0.1, 0.15) is 27.2 Å². The van der Waals surface area contributed by atoms with Crippen LogP contribution in [-0.4, -0.2) is 50.7 Å². The summed E-state index contributed by atoms with van der Waals surface area (Å²) in [6, 6.07) is 6.80. The van der Waals surface area contributed by atoms with Crippen molar-refractivity contribution in [3.05, 3.63) is 82.7 Å². The number of ketones is 1. The van der Waals surface area contributed by atoms with Crippen LogP contribution in [0.5, 0.6) is 5.75 Å². The van der Waals surface area contributed by atoms with Gasteiger partial charge in [0.25, 0.3) is 0 Å². The number of rotatable bonds is 7. The van der Waals surface area contributed by atoms with Crippen LogP contribution in [0.2, 0.25) is 0 Å². The third kappa shape index (κ3) is 4.42. The van der Waals surface area contributed by atoms with Crippen LogP contribution >= 0.6 is 0 Å². The third-order valence-electron chi connectivity index (χ3n) is 6.29. The summed E-state index contributed by atoms with van der Waals surface area (Å²) >= 11 is 0. The van der Waals surface area contributed by atoms with E-state index in [0.29, 0.717) is 40.8 Å². The number of carbonyl (C=O) groups is 1. The first-order valence-corrected chi connectivity index (χ1v) is 13.3. The fourth-order valence-corrected chi connectivity index (χ4v) is 5.40. The van der Waals surface area contributed by atoms with Gasteiger partial charge in [-0.15, -0.1) is 0 Å². The second-order valence-corrected chi connectivity index (χ2v) is 11.0. The molecule has 0 fully saturated rings. The summed E-state index contributed by atoms with van der Waals surface area (Å²) in [5, 5.41) is 3.69. The summed E-state index contributed by atoms with van der Waals surface area (Å²) in [5.74, 6) is -2.00. The molecule has 10 heteroatoms. The summed E-state index contributed by atoms with van der Waals surface area (Å²) in [4.78, 5) is 13.6. The lowest BCUT2D eigenvalue weighted by molar-refractivity contribution is 0.101. The number of dihydropyridines is 1. The van der Waals surface area contributed by atoms with Crippen molar-refractivity contribution in [3.8, 4) is 5.75 Å². The van der Waals surface area contributed by atoms with Crippen LogP contribution in [-0.2, 0) is 27.5 Å². The molecule has 0 saturated heterocycles. The van der Waals surface area contributed by atoms with E-state index in [4.69, 9.17) is 9.47 Å². The summed E-state index contributed by atoms with van der Waals surface area (Å²) < 4.78 is 66.0. The van der Waals surface area contributed by atoms with Crippen LogP contribution in [0, 0.1) is 11.6 Å². The van der Waals surface area contributed by atoms with Crippen LogP contribution < -0.4 is 10.1 Å². The lowest BCUT2D eigenvalue weighted by atomic mass is 9.96. The van der Waals surface area contributed by atoms with Gasteiger partial charge in [0.1, 0.15) is 23.1 Å². The van der Waals surface area contributed by atoms with E-state index in [-0.39, 0.29) is 17.8 Å². The highest BCUT2D eigenvalue weighted by Gasteiger charge is 2.32. The van der Waals surface area contributed by atoms with Crippen LogP contribution in [0.4, 0.5) is 8.78 Å². The summed E-state index contributed by atoms with van der Waals surface area (Å²) in [5.41, 5.74) is 2.65. The zero-order valence-corrected chi connectivity index (χ0v) is 20.5. The number of sulfone groups is 1. The van der Waals surface area contributed by atoms with E-state index >= 15 is 0 Å². The van der Waals surface area contributed by atoms with Gasteiger partial charge in [-0.1, -0.05) is 6.08 Å². The predicted molar refractivity (Wildman–Crippen MR) is 132 cm³/mol. The van der Waals surface area contributed by atoms with Gasteiger partial charge in [-0.3, -0.25) is 4.79 Å². The van der Waals surface area contributed by atoms with Gasteiger partial charge in [0.15, 0.2) is 21.8 Å². The molecule has 2 aliphatic heterocycles. The Morgan fingerprint density at radius 2 is 2.06 bits per heavy atom. The first kappa shape index (κ1) is 24.2.